The number of aromatic nitrogens is 1. The standard InChI is InChI=1S/C13H11ClN2OS/c1-18-12-5-3-2-4-10(12)16-13(17)11-8-9(14)6-7-15-11/h2-8H,1H3,(H,16,17). The highest BCUT2D eigenvalue weighted by molar-refractivity contribution is 7.98. The van der Waals surface area contributed by atoms with E-state index in [1.165, 1.54) is 6.20 Å². The Morgan fingerprint density at radius 3 is 2.83 bits per heavy atom. The molecule has 1 N–H and O–H groups in total. The number of para-hydroxylation sites is 1. The van der Waals surface area contributed by atoms with Gasteiger partial charge >= 0.3 is 0 Å². The normalized spacial score (nSPS) is 10.1. The maximum atomic E-state index is 12.0. The number of hydrogen-bond acceptors (Lipinski definition) is 3. The van der Waals surface area contributed by atoms with Gasteiger partial charge in [0.15, 0.2) is 0 Å². The number of thioether (sulfide) groups is 1. The first-order valence-corrected chi connectivity index (χ1v) is 6.87. The van der Waals surface area contributed by atoms with Crippen LogP contribution in [0.1, 0.15) is 10.5 Å². The van der Waals surface area contributed by atoms with Crippen LogP contribution in [0.15, 0.2) is 47.5 Å². The molecule has 1 heterocycles. The topological polar surface area (TPSA) is 42.0 Å². The van der Waals surface area contributed by atoms with Gasteiger partial charge in [0.05, 0.1) is 5.69 Å². The predicted octanol–water partition coefficient (Wildman–Crippen LogP) is 3.71. The molecule has 2 aromatic rings. The highest BCUT2D eigenvalue weighted by Gasteiger charge is 2.09. The lowest BCUT2D eigenvalue weighted by Crippen LogP contribution is -2.13. The predicted molar refractivity (Wildman–Crippen MR) is 75.4 cm³/mol. The molecule has 0 radical (unpaired) electrons. The molecule has 0 spiro atoms. The summed E-state index contributed by atoms with van der Waals surface area (Å²) in [5.41, 5.74) is 1.08. The zero-order valence-electron chi connectivity index (χ0n) is 9.68. The minimum atomic E-state index is -0.265. The Kier molecular flexibility index (Phi) is 4.23. The molecule has 1 amide bonds. The van der Waals surface area contributed by atoms with E-state index in [1.54, 1.807) is 23.9 Å². The van der Waals surface area contributed by atoms with E-state index in [0.717, 1.165) is 10.6 Å². The van der Waals surface area contributed by atoms with Crippen molar-refractivity contribution in [1.29, 1.82) is 0 Å². The van der Waals surface area contributed by atoms with Gasteiger partial charge < -0.3 is 5.32 Å². The minimum absolute atomic E-state index is 0.265. The van der Waals surface area contributed by atoms with E-state index in [2.05, 4.69) is 10.3 Å². The molecule has 0 aliphatic rings. The van der Waals surface area contributed by atoms with Crippen LogP contribution in [0.4, 0.5) is 5.69 Å². The summed E-state index contributed by atoms with van der Waals surface area (Å²) in [5, 5.41) is 3.32. The van der Waals surface area contributed by atoms with Crippen LogP contribution in [0, 0.1) is 0 Å². The fourth-order valence-electron chi connectivity index (χ4n) is 1.46. The Hall–Kier alpha value is -1.52. The summed E-state index contributed by atoms with van der Waals surface area (Å²) in [4.78, 5) is 17.0. The number of amides is 1. The van der Waals surface area contributed by atoms with Gasteiger partial charge in [0.1, 0.15) is 5.69 Å². The molecule has 18 heavy (non-hydrogen) atoms. The molecule has 92 valence electrons. The Balaban J connectivity index is 2.21. The molecule has 0 saturated carbocycles. The largest absolute Gasteiger partial charge is 0.320 e. The molecule has 0 fully saturated rings. The Bertz CT molecular complexity index is 574. The first-order valence-electron chi connectivity index (χ1n) is 5.26. The van der Waals surface area contributed by atoms with Crippen LogP contribution < -0.4 is 5.32 Å². The van der Waals surface area contributed by atoms with Crippen LogP contribution in [0.5, 0.6) is 0 Å². The van der Waals surface area contributed by atoms with Gasteiger partial charge in [0, 0.05) is 16.1 Å². The van der Waals surface area contributed by atoms with Gasteiger partial charge in [-0.3, -0.25) is 9.78 Å². The SMILES string of the molecule is CSc1ccccc1NC(=O)c1cc(Cl)ccn1. The molecule has 1 aromatic carbocycles. The van der Waals surface area contributed by atoms with Crippen LogP contribution in [0.3, 0.4) is 0 Å². The lowest BCUT2D eigenvalue weighted by atomic mass is 10.3. The average molecular weight is 279 g/mol. The van der Waals surface area contributed by atoms with Crippen molar-refractivity contribution in [3.8, 4) is 0 Å². The quantitative estimate of drug-likeness (QED) is 0.870. The molecule has 0 bridgehead atoms. The van der Waals surface area contributed by atoms with Crippen molar-refractivity contribution in [2.75, 3.05) is 11.6 Å². The van der Waals surface area contributed by atoms with Crippen LogP contribution in [-0.4, -0.2) is 17.1 Å². The fraction of sp³-hybridized carbons (Fsp3) is 0.0769. The Labute approximate surface area is 115 Å². The molecule has 1 aromatic heterocycles. The van der Waals surface area contributed by atoms with E-state index < -0.39 is 0 Å². The van der Waals surface area contributed by atoms with Crippen molar-refractivity contribution in [1.82, 2.24) is 4.98 Å². The van der Waals surface area contributed by atoms with Crippen LogP contribution in [0.2, 0.25) is 5.02 Å². The maximum absolute atomic E-state index is 12.0. The molecule has 0 unspecified atom stereocenters. The molecule has 0 saturated heterocycles. The number of carbonyl (C=O) groups is 1. The summed E-state index contributed by atoms with van der Waals surface area (Å²) in [5.74, 6) is -0.265. The van der Waals surface area contributed by atoms with Crippen molar-refractivity contribution in [2.24, 2.45) is 0 Å². The smallest absolute Gasteiger partial charge is 0.274 e. The second-order valence-corrected chi connectivity index (χ2v) is 4.80. The number of carbonyl (C=O) groups excluding carboxylic acids is 1. The molecule has 5 heteroatoms. The molecule has 0 aliphatic heterocycles. The van der Waals surface area contributed by atoms with E-state index in [4.69, 9.17) is 11.6 Å². The number of hydrogen-bond donors (Lipinski definition) is 1. The third kappa shape index (κ3) is 3.03. The first kappa shape index (κ1) is 12.9. The summed E-state index contributed by atoms with van der Waals surface area (Å²) < 4.78 is 0. The van der Waals surface area contributed by atoms with Gasteiger partial charge in [-0.25, -0.2) is 0 Å². The van der Waals surface area contributed by atoms with Gasteiger partial charge in [0.2, 0.25) is 0 Å². The van der Waals surface area contributed by atoms with Gasteiger partial charge in [-0.15, -0.1) is 11.8 Å². The number of rotatable bonds is 3. The Morgan fingerprint density at radius 2 is 2.11 bits per heavy atom. The number of benzene rings is 1. The van der Waals surface area contributed by atoms with E-state index in [0.29, 0.717) is 10.7 Å². The third-order valence-electron chi connectivity index (χ3n) is 2.31. The zero-order chi connectivity index (χ0) is 13.0. The van der Waals surface area contributed by atoms with Crippen molar-refractivity contribution in [3.63, 3.8) is 0 Å². The second kappa shape index (κ2) is 5.89. The summed E-state index contributed by atoms with van der Waals surface area (Å²) in [7, 11) is 0. The van der Waals surface area contributed by atoms with Gasteiger partial charge in [0.25, 0.3) is 5.91 Å². The average Bonchev–Trinajstić information content (AvgIpc) is 2.39. The highest BCUT2D eigenvalue weighted by Crippen LogP contribution is 2.25. The number of pyridine rings is 1. The molecule has 3 nitrogen and oxygen atoms in total. The summed E-state index contributed by atoms with van der Waals surface area (Å²) in [6, 6.07) is 10.8. The monoisotopic (exact) mass is 278 g/mol. The van der Waals surface area contributed by atoms with Crippen molar-refractivity contribution in [2.45, 2.75) is 4.90 Å². The summed E-state index contributed by atoms with van der Waals surface area (Å²) in [6.45, 7) is 0. The fourth-order valence-corrected chi connectivity index (χ4v) is 2.18. The van der Waals surface area contributed by atoms with Crippen LogP contribution >= 0.6 is 23.4 Å². The molecular formula is C13H11ClN2OS. The first-order chi connectivity index (χ1) is 8.70. The zero-order valence-corrected chi connectivity index (χ0v) is 11.3. The van der Waals surface area contributed by atoms with Gasteiger partial charge in [-0.2, -0.15) is 0 Å². The van der Waals surface area contributed by atoms with E-state index in [1.807, 2.05) is 30.5 Å². The molecule has 0 aliphatic carbocycles. The summed E-state index contributed by atoms with van der Waals surface area (Å²) in [6.07, 6.45) is 3.47. The molecule has 0 atom stereocenters. The van der Waals surface area contributed by atoms with Crippen molar-refractivity contribution in [3.05, 3.63) is 53.3 Å². The van der Waals surface area contributed by atoms with E-state index in [9.17, 15) is 4.79 Å². The Morgan fingerprint density at radius 1 is 1.33 bits per heavy atom. The van der Waals surface area contributed by atoms with Crippen LogP contribution in [0.25, 0.3) is 0 Å². The maximum Gasteiger partial charge on any atom is 0.274 e. The second-order valence-electron chi connectivity index (χ2n) is 3.51. The number of nitrogens with one attached hydrogen (secondary N) is 1. The minimum Gasteiger partial charge on any atom is -0.320 e. The summed E-state index contributed by atoms with van der Waals surface area (Å²) >= 11 is 7.40. The molecular weight excluding hydrogens is 268 g/mol. The third-order valence-corrected chi connectivity index (χ3v) is 3.34. The van der Waals surface area contributed by atoms with Crippen molar-refractivity contribution >= 4 is 35.0 Å². The van der Waals surface area contributed by atoms with E-state index in [-0.39, 0.29) is 5.91 Å². The number of halogens is 1. The lowest BCUT2D eigenvalue weighted by Gasteiger charge is -2.08. The number of anilines is 1. The van der Waals surface area contributed by atoms with Crippen molar-refractivity contribution < 1.29 is 4.79 Å². The molecule has 2 rings (SSSR count). The van der Waals surface area contributed by atoms with Gasteiger partial charge in [-0.05, 0) is 30.5 Å². The lowest BCUT2D eigenvalue weighted by molar-refractivity contribution is 0.102. The highest BCUT2D eigenvalue weighted by atomic mass is 35.5. The van der Waals surface area contributed by atoms with Crippen LogP contribution in [-0.2, 0) is 0 Å². The van der Waals surface area contributed by atoms with Gasteiger partial charge in [-0.1, -0.05) is 23.7 Å². The number of nitrogens with zero attached hydrogens (tertiary/aromatic N) is 1. The van der Waals surface area contributed by atoms with E-state index >= 15 is 0 Å².